The van der Waals surface area contributed by atoms with Crippen LogP contribution in [0.2, 0.25) is 0 Å². The van der Waals surface area contributed by atoms with Crippen molar-refractivity contribution < 1.29 is 19.4 Å². The zero-order chi connectivity index (χ0) is 20.2. The molecule has 2 aliphatic carbocycles. The Morgan fingerprint density at radius 1 is 1.28 bits per heavy atom. The lowest BCUT2D eigenvalue weighted by molar-refractivity contribution is -0.187. The molecule has 8 nitrogen and oxygen atoms in total. The highest BCUT2D eigenvalue weighted by molar-refractivity contribution is 5.94. The molecule has 0 bridgehead atoms. The lowest BCUT2D eigenvalue weighted by Crippen LogP contribution is -2.64. The van der Waals surface area contributed by atoms with Gasteiger partial charge < -0.3 is 20.1 Å². The number of H-pyrrole nitrogens is 1. The molecule has 4 aliphatic rings. The van der Waals surface area contributed by atoms with Crippen LogP contribution in [0.1, 0.15) is 67.2 Å². The number of rotatable bonds is 3. The van der Waals surface area contributed by atoms with Crippen LogP contribution in [0.3, 0.4) is 0 Å². The zero-order valence-corrected chi connectivity index (χ0v) is 17.0. The Morgan fingerprint density at radius 3 is 2.72 bits per heavy atom. The number of piperidine rings is 1. The lowest BCUT2D eigenvalue weighted by atomic mass is 9.75. The maximum Gasteiger partial charge on any atom is 0.274 e. The van der Waals surface area contributed by atoms with E-state index >= 15 is 0 Å². The summed E-state index contributed by atoms with van der Waals surface area (Å²) < 4.78 is 6.21. The van der Waals surface area contributed by atoms with E-state index in [0.29, 0.717) is 44.7 Å². The van der Waals surface area contributed by atoms with Crippen molar-refractivity contribution in [2.75, 3.05) is 19.7 Å². The average molecular weight is 402 g/mol. The Kier molecular flexibility index (Phi) is 4.47. The number of aromatic nitrogens is 2. The normalized spacial score (nSPS) is 31.0. The summed E-state index contributed by atoms with van der Waals surface area (Å²) in [7, 11) is 0. The van der Waals surface area contributed by atoms with E-state index in [0.717, 1.165) is 43.4 Å². The quantitative estimate of drug-likeness (QED) is 0.697. The van der Waals surface area contributed by atoms with Crippen LogP contribution in [0.25, 0.3) is 0 Å². The number of hydrogen-bond donors (Lipinski definition) is 3. The molecule has 1 aromatic heterocycles. The minimum absolute atomic E-state index is 0.00334. The first-order valence-electron chi connectivity index (χ1n) is 10.9. The number of aromatic amines is 1. The van der Waals surface area contributed by atoms with Crippen molar-refractivity contribution in [3.05, 3.63) is 17.0 Å². The highest BCUT2D eigenvalue weighted by Gasteiger charge is 2.50. The van der Waals surface area contributed by atoms with E-state index in [9.17, 15) is 14.7 Å². The molecule has 2 aliphatic heterocycles. The summed E-state index contributed by atoms with van der Waals surface area (Å²) in [5.41, 5.74) is 1.31. The molecule has 2 amide bonds. The number of fused-ring (bicyclic) bond motifs is 1. The third-order valence-electron chi connectivity index (χ3n) is 7.22. The molecule has 1 spiro atoms. The molecule has 1 aromatic rings. The third-order valence-corrected chi connectivity index (χ3v) is 7.22. The summed E-state index contributed by atoms with van der Waals surface area (Å²) in [4.78, 5) is 26.9. The second-order valence-corrected chi connectivity index (χ2v) is 9.54. The average Bonchev–Trinajstić information content (AvgIpc) is 3.30. The fourth-order valence-electron chi connectivity index (χ4n) is 5.18. The van der Waals surface area contributed by atoms with Crippen molar-refractivity contribution in [3.63, 3.8) is 0 Å². The molecule has 8 heteroatoms. The molecule has 0 aromatic carbocycles. The molecule has 0 unspecified atom stereocenters. The Hall–Kier alpha value is -1.93. The minimum atomic E-state index is -1.02. The molecular formula is C21H30N4O4. The lowest BCUT2D eigenvalue weighted by Gasteiger charge is -2.51. The van der Waals surface area contributed by atoms with Crippen molar-refractivity contribution in [1.82, 2.24) is 20.4 Å². The third kappa shape index (κ3) is 3.46. The summed E-state index contributed by atoms with van der Waals surface area (Å²) in [6.45, 7) is 3.29. The number of carbonyl (C=O) groups excluding carboxylic acids is 2. The Balaban J connectivity index is 1.21. The summed E-state index contributed by atoms with van der Waals surface area (Å²) in [5, 5.41) is 21.3. The van der Waals surface area contributed by atoms with Crippen LogP contribution < -0.4 is 5.32 Å². The van der Waals surface area contributed by atoms with Crippen LogP contribution in [0, 0.1) is 5.92 Å². The molecule has 5 rings (SSSR count). The molecule has 3 heterocycles. The summed E-state index contributed by atoms with van der Waals surface area (Å²) in [5.74, 6) is 0.137. The van der Waals surface area contributed by atoms with Gasteiger partial charge >= 0.3 is 0 Å². The van der Waals surface area contributed by atoms with E-state index in [1.807, 2.05) is 4.90 Å². The summed E-state index contributed by atoms with van der Waals surface area (Å²) in [6, 6.07) is -0.382. The Morgan fingerprint density at radius 2 is 2.03 bits per heavy atom. The first-order chi connectivity index (χ1) is 13.9. The number of ether oxygens (including phenoxy) is 1. The number of amides is 2. The van der Waals surface area contributed by atoms with Crippen molar-refractivity contribution in [2.24, 2.45) is 5.92 Å². The highest BCUT2D eigenvalue weighted by Crippen LogP contribution is 2.40. The van der Waals surface area contributed by atoms with Crippen molar-refractivity contribution in [3.8, 4) is 0 Å². The maximum absolute atomic E-state index is 13.0. The molecule has 2 atom stereocenters. The Labute approximate surface area is 170 Å². The van der Waals surface area contributed by atoms with Gasteiger partial charge in [-0.3, -0.25) is 14.7 Å². The second kappa shape index (κ2) is 6.80. The highest BCUT2D eigenvalue weighted by atomic mass is 16.5. The predicted molar refractivity (Wildman–Crippen MR) is 104 cm³/mol. The fraction of sp³-hybridized carbons (Fsp3) is 0.762. The van der Waals surface area contributed by atoms with Crippen LogP contribution in [0.15, 0.2) is 0 Å². The standard InChI is InChI=1S/C21H30N4O4/c1-20(28)12-21(29-11-16(20)22-18(26)13-5-6-13)7-9-25(10-8-21)19(27)17-14-3-2-4-15(14)23-24-17/h13,16,28H,2-12H2,1H3,(H,22,26)(H,23,24)/t16-,20-/m0/s1. The van der Waals surface area contributed by atoms with Crippen molar-refractivity contribution >= 4 is 11.8 Å². The fourth-order valence-corrected chi connectivity index (χ4v) is 5.18. The summed E-state index contributed by atoms with van der Waals surface area (Å²) in [6.07, 6.45) is 6.69. The molecule has 29 heavy (non-hydrogen) atoms. The zero-order valence-electron chi connectivity index (χ0n) is 17.0. The molecule has 3 N–H and O–H groups in total. The van der Waals surface area contributed by atoms with Gasteiger partial charge in [0.2, 0.25) is 5.91 Å². The van der Waals surface area contributed by atoms with E-state index in [4.69, 9.17) is 4.74 Å². The van der Waals surface area contributed by atoms with E-state index in [1.54, 1.807) is 6.92 Å². The van der Waals surface area contributed by atoms with Crippen LogP contribution in [-0.4, -0.2) is 69.0 Å². The largest absolute Gasteiger partial charge is 0.388 e. The molecule has 0 radical (unpaired) electrons. The number of aliphatic hydroxyl groups is 1. The summed E-state index contributed by atoms with van der Waals surface area (Å²) >= 11 is 0. The SMILES string of the molecule is C[C@]1(O)CC2(CCN(C(=O)c3n[nH]c4c3CCC4)CC2)OC[C@@H]1NC(=O)C1CC1. The molecule has 3 fully saturated rings. The van der Waals surface area contributed by atoms with Gasteiger partial charge in [0.25, 0.3) is 5.91 Å². The van der Waals surface area contributed by atoms with Crippen molar-refractivity contribution in [2.45, 2.75) is 75.5 Å². The van der Waals surface area contributed by atoms with Gasteiger partial charge in [-0.25, -0.2) is 0 Å². The predicted octanol–water partition coefficient (Wildman–Crippen LogP) is 0.939. The van der Waals surface area contributed by atoms with Gasteiger partial charge in [-0.05, 0) is 51.9 Å². The number of hydrogen-bond acceptors (Lipinski definition) is 5. The van der Waals surface area contributed by atoms with Gasteiger partial charge in [0.05, 0.1) is 23.9 Å². The first kappa shape index (κ1) is 19.1. The van der Waals surface area contributed by atoms with Gasteiger partial charge in [-0.15, -0.1) is 0 Å². The van der Waals surface area contributed by atoms with Crippen LogP contribution in [0.4, 0.5) is 0 Å². The number of carbonyl (C=O) groups is 2. The van der Waals surface area contributed by atoms with Gasteiger partial charge in [-0.1, -0.05) is 0 Å². The van der Waals surface area contributed by atoms with E-state index in [-0.39, 0.29) is 23.8 Å². The molecule has 158 valence electrons. The van der Waals surface area contributed by atoms with E-state index in [2.05, 4.69) is 15.5 Å². The smallest absolute Gasteiger partial charge is 0.274 e. The van der Waals surface area contributed by atoms with E-state index in [1.165, 1.54) is 0 Å². The number of likely N-dealkylation sites (tertiary alicyclic amines) is 1. The number of nitrogens with zero attached hydrogens (tertiary/aromatic N) is 2. The number of nitrogens with one attached hydrogen (secondary N) is 2. The monoisotopic (exact) mass is 402 g/mol. The topological polar surface area (TPSA) is 108 Å². The molecule has 1 saturated carbocycles. The van der Waals surface area contributed by atoms with Crippen molar-refractivity contribution in [1.29, 1.82) is 0 Å². The van der Waals surface area contributed by atoms with Gasteiger partial charge in [0, 0.05) is 36.7 Å². The van der Waals surface area contributed by atoms with Gasteiger partial charge in [0.15, 0.2) is 5.69 Å². The van der Waals surface area contributed by atoms with E-state index < -0.39 is 11.2 Å². The maximum atomic E-state index is 13.0. The first-order valence-corrected chi connectivity index (χ1v) is 10.9. The van der Waals surface area contributed by atoms with Gasteiger partial charge in [-0.2, -0.15) is 5.10 Å². The second-order valence-electron chi connectivity index (χ2n) is 9.54. The van der Waals surface area contributed by atoms with Gasteiger partial charge in [0.1, 0.15) is 0 Å². The molecule has 2 saturated heterocycles. The van der Waals surface area contributed by atoms with Crippen LogP contribution in [0.5, 0.6) is 0 Å². The van der Waals surface area contributed by atoms with Crippen LogP contribution in [-0.2, 0) is 22.4 Å². The number of aryl methyl sites for hydroxylation is 1. The minimum Gasteiger partial charge on any atom is -0.388 e. The molecular weight excluding hydrogens is 372 g/mol. The van der Waals surface area contributed by atoms with Crippen LogP contribution >= 0.6 is 0 Å². The Bertz CT molecular complexity index is 821.